The van der Waals surface area contributed by atoms with Gasteiger partial charge in [-0.3, -0.25) is 0 Å². The maximum absolute atomic E-state index is 13.0. The quantitative estimate of drug-likeness (QED) is 0.631. The molecule has 0 saturated carbocycles. The SMILES string of the molecule is O=C(NCCOc1cccc(F)c1)NCCS(=O)(=O)N1CCOCC1. The molecule has 1 aromatic rings. The van der Waals surface area contributed by atoms with Crippen molar-refractivity contribution in [1.82, 2.24) is 14.9 Å². The second-order valence-electron chi connectivity index (χ2n) is 5.32. The zero-order valence-corrected chi connectivity index (χ0v) is 14.6. The fourth-order valence-electron chi connectivity index (χ4n) is 2.20. The summed E-state index contributed by atoms with van der Waals surface area (Å²) in [6.45, 7) is 1.84. The first kappa shape index (κ1) is 19.4. The Bertz CT molecular complexity index is 665. The third-order valence-corrected chi connectivity index (χ3v) is 5.33. The number of hydrogen-bond donors (Lipinski definition) is 2. The fraction of sp³-hybridized carbons (Fsp3) is 0.533. The summed E-state index contributed by atoms with van der Waals surface area (Å²) in [5, 5.41) is 5.02. The number of sulfonamides is 1. The number of benzene rings is 1. The average Bonchev–Trinajstić information content (AvgIpc) is 2.59. The van der Waals surface area contributed by atoms with E-state index in [2.05, 4.69) is 10.6 Å². The molecule has 0 bridgehead atoms. The van der Waals surface area contributed by atoms with E-state index in [0.717, 1.165) is 0 Å². The van der Waals surface area contributed by atoms with E-state index in [4.69, 9.17) is 9.47 Å². The number of morpholine rings is 1. The molecule has 8 nitrogen and oxygen atoms in total. The Labute approximate surface area is 146 Å². The molecule has 0 unspecified atom stereocenters. The molecule has 10 heteroatoms. The van der Waals surface area contributed by atoms with Crippen molar-refractivity contribution in [2.75, 3.05) is 51.8 Å². The van der Waals surface area contributed by atoms with Crippen LogP contribution in [-0.2, 0) is 14.8 Å². The molecule has 2 amide bonds. The minimum Gasteiger partial charge on any atom is -0.492 e. The highest BCUT2D eigenvalue weighted by molar-refractivity contribution is 7.89. The molecule has 0 radical (unpaired) electrons. The number of carbonyl (C=O) groups is 1. The number of carbonyl (C=O) groups excluding carboxylic acids is 1. The van der Waals surface area contributed by atoms with Crippen LogP contribution in [0.15, 0.2) is 24.3 Å². The van der Waals surface area contributed by atoms with Crippen LogP contribution < -0.4 is 15.4 Å². The lowest BCUT2D eigenvalue weighted by Crippen LogP contribution is -2.45. The summed E-state index contributed by atoms with van der Waals surface area (Å²) < 4.78 is 48.8. The van der Waals surface area contributed by atoms with Gasteiger partial charge in [-0.15, -0.1) is 0 Å². The van der Waals surface area contributed by atoms with Crippen LogP contribution in [-0.4, -0.2) is 70.5 Å². The van der Waals surface area contributed by atoms with Gasteiger partial charge in [-0.2, -0.15) is 4.31 Å². The van der Waals surface area contributed by atoms with Crippen LogP contribution in [0.5, 0.6) is 5.75 Å². The van der Waals surface area contributed by atoms with Gasteiger partial charge in [0.05, 0.1) is 25.5 Å². The van der Waals surface area contributed by atoms with E-state index in [0.29, 0.717) is 32.1 Å². The van der Waals surface area contributed by atoms with Crippen LogP contribution in [0.25, 0.3) is 0 Å². The third-order valence-electron chi connectivity index (χ3n) is 3.46. The molecule has 0 aliphatic carbocycles. The van der Waals surface area contributed by atoms with Crippen LogP contribution in [0.2, 0.25) is 0 Å². The maximum atomic E-state index is 13.0. The lowest BCUT2D eigenvalue weighted by Gasteiger charge is -2.26. The second-order valence-corrected chi connectivity index (χ2v) is 7.40. The van der Waals surface area contributed by atoms with Gasteiger partial charge in [-0.25, -0.2) is 17.6 Å². The Morgan fingerprint density at radius 2 is 1.96 bits per heavy atom. The normalized spacial score (nSPS) is 15.6. The van der Waals surface area contributed by atoms with Crippen molar-refractivity contribution in [1.29, 1.82) is 0 Å². The highest BCUT2D eigenvalue weighted by Crippen LogP contribution is 2.11. The first-order valence-electron chi connectivity index (χ1n) is 7.93. The number of urea groups is 1. The monoisotopic (exact) mass is 375 g/mol. The molecule has 2 N–H and O–H groups in total. The molecule has 1 aliphatic rings. The number of amides is 2. The van der Waals surface area contributed by atoms with Gasteiger partial charge in [0.2, 0.25) is 10.0 Å². The Hall–Kier alpha value is -1.91. The minimum absolute atomic E-state index is 0.0102. The summed E-state index contributed by atoms with van der Waals surface area (Å²) in [5.41, 5.74) is 0. The lowest BCUT2D eigenvalue weighted by molar-refractivity contribution is 0.0730. The third kappa shape index (κ3) is 6.85. The average molecular weight is 375 g/mol. The predicted octanol–water partition coefficient (Wildman–Crippen LogP) is 0.166. The van der Waals surface area contributed by atoms with E-state index in [9.17, 15) is 17.6 Å². The Balaban J connectivity index is 1.59. The second kappa shape index (κ2) is 9.54. The molecule has 0 aromatic heterocycles. The molecule has 1 fully saturated rings. The topological polar surface area (TPSA) is 97.0 Å². The molecule has 140 valence electrons. The van der Waals surface area contributed by atoms with Gasteiger partial charge in [0, 0.05) is 25.7 Å². The van der Waals surface area contributed by atoms with Crippen LogP contribution >= 0.6 is 0 Å². The number of rotatable bonds is 8. The molecule has 0 atom stereocenters. The maximum Gasteiger partial charge on any atom is 0.314 e. The van der Waals surface area contributed by atoms with Crippen molar-refractivity contribution in [2.24, 2.45) is 0 Å². The zero-order chi connectivity index (χ0) is 18.1. The molecule has 1 heterocycles. The van der Waals surface area contributed by atoms with Crippen LogP contribution in [0.4, 0.5) is 9.18 Å². The predicted molar refractivity (Wildman–Crippen MR) is 89.5 cm³/mol. The number of halogens is 1. The largest absolute Gasteiger partial charge is 0.492 e. The molecular formula is C15H22FN3O5S. The molecule has 2 rings (SSSR count). The van der Waals surface area contributed by atoms with Crippen molar-refractivity contribution in [3.63, 3.8) is 0 Å². The van der Waals surface area contributed by atoms with Gasteiger partial charge >= 0.3 is 6.03 Å². The number of hydrogen-bond acceptors (Lipinski definition) is 5. The molecule has 1 aliphatic heterocycles. The van der Waals surface area contributed by atoms with Crippen molar-refractivity contribution in [3.05, 3.63) is 30.1 Å². The molecule has 25 heavy (non-hydrogen) atoms. The standard InChI is InChI=1S/C15H22FN3O5S/c16-13-2-1-3-14(12-13)24-8-4-17-15(20)18-5-11-25(21,22)19-6-9-23-10-7-19/h1-3,12H,4-11H2,(H2,17,18,20). The van der Waals surface area contributed by atoms with Gasteiger partial charge in [0.1, 0.15) is 18.2 Å². The smallest absolute Gasteiger partial charge is 0.314 e. The Kier molecular flexibility index (Phi) is 7.41. The van der Waals surface area contributed by atoms with E-state index in [1.54, 1.807) is 6.07 Å². The zero-order valence-electron chi connectivity index (χ0n) is 13.7. The van der Waals surface area contributed by atoms with Gasteiger partial charge < -0.3 is 20.1 Å². The summed E-state index contributed by atoms with van der Waals surface area (Å²) in [5.74, 6) is -0.191. The molecule has 1 aromatic carbocycles. The van der Waals surface area contributed by atoms with E-state index >= 15 is 0 Å². The van der Waals surface area contributed by atoms with Crippen molar-refractivity contribution in [2.45, 2.75) is 0 Å². The van der Waals surface area contributed by atoms with Crippen molar-refractivity contribution < 1.29 is 27.1 Å². The van der Waals surface area contributed by atoms with E-state index in [-0.39, 0.29) is 25.4 Å². The number of ether oxygens (including phenoxy) is 2. The Morgan fingerprint density at radius 3 is 2.68 bits per heavy atom. The van der Waals surface area contributed by atoms with Crippen LogP contribution in [0, 0.1) is 5.82 Å². The highest BCUT2D eigenvalue weighted by Gasteiger charge is 2.23. The highest BCUT2D eigenvalue weighted by atomic mass is 32.2. The van der Waals surface area contributed by atoms with Gasteiger partial charge in [0.15, 0.2) is 0 Å². The first-order valence-corrected chi connectivity index (χ1v) is 9.54. The first-order chi connectivity index (χ1) is 12.0. The van der Waals surface area contributed by atoms with E-state index in [1.807, 2.05) is 0 Å². The van der Waals surface area contributed by atoms with Crippen LogP contribution in [0.1, 0.15) is 0 Å². The van der Waals surface area contributed by atoms with Gasteiger partial charge in [0.25, 0.3) is 0 Å². The lowest BCUT2D eigenvalue weighted by atomic mass is 10.3. The summed E-state index contributed by atoms with van der Waals surface area (Å²) in [7, 11) is -3.39. The van der Waals surface area contributed by atoms with E-state index < -0.39 is 21.9 Å². The Morgan fingerprint density at radius 1 is 1.24 bits per heavy atom. The molecule has 1 saturated heterocycles. The summed E-state index contributed by atoms with van der Waals surface area (Å²) >= 11 is 0. The summed E-state index contributed by atoms with van der Waals surface area (Å²) in [4.78, 5) is 11.6. The minimum atomic E-state index is -3.39. The van der Waals surface area contributed by atoms with Crippen LogP contribution in [0.3, 0.4) is 0 Å². The molecule has 0 spiro atoms. The number of nitrogens with one attached hydrogen (secondary N) is 2. The number of nitrogens with zero attached hydrogens (tertiary/aromatic N) is 1. The van der Waals surface area contributed by atoms with Gasteiger partial charge in [-0.05, 0) is 12.1 Å². The molecular weight excluding hydrogens is 353 g/mol. The summed E-state index contributed by atoms with van der Waals surface area (Å²) in [6, 6.07) is 5.21. The van der Waals surface area contributed by atoms with Crippen molar-refractivity contribution >= 4 is 16.1 Å². The van der Waals surface area contributed by atoms with Crippen molar-refractivity contribution in [3.8, 4) is 5.75 Å². The summed E-state index contributed by atoms with van der Waals surface area (Å²) in [6.07, 6.45) is 0. The fourth-order valence-corrected chi connectivity index (χ4v) is 3.52. The van der Waals surface area contributed by atoms with E-state index in [1.165, 1.54) is 22.5 Å². The van der Waals surface area contributed by atoms with Gasteiger partial charge in [-0.1, -0.05) is 6.07 Å².